The first-order chi connectivity index (χ1) is 18.8. The van der Waals surface area contributed by atoms with Crippen LogP contribution in [-0.4, -0.2) is 36.6 Å². The highest BCUT2D eigenvalue weighted by Gasteiger charge is 2.55. The zero-order valence-electron chi connectivity index (χ0n) is 29.1. The number of fused-ring (bicyclic) bond motifs is 2. The van der Waals surface area contributed by atoms with Crippen molar-refractivity contribution in [1.82, 2.24) is 0 Å². The van der Waals surface area contributed by atoms with E-state index in [1.54, 1.807) is 0 Å². The number of hydrogen-bond donors (Lipinski definition) is 1. The van der Waals surface area contributed by atoms with Crippen LogP contribution in [0, 0.1) is 0 Å². The molecule has 0 bridgehead atoms. The Balaban J connectivity index is 1.77. The van der Waals surface area contributed by atoms with Crippen molar-refractivity contribution in [2.45, 2.75) is 149 Å². The lowest BCUT2D eigenvalue weighted by Crippen LogP contribution is -2.44. The van der Waals surface area contributed by atoms with Crippen LogP contribution in [0.5, 0.6) is 0 Å². The topological polar surface area (TPSA) is 49.0 Å². The summed E-state index contributed by atoms with van der Waals surface area (Å²) >= 11 is 0. The Labute approximate surface area is 256 Å². The van der Waals surface area contributed by atoms with E-state index in [9.17, 15) is 0 Å². The third-order valence-electron chi connectivity index (χ3n) is 10.7. The fourth-order valence-electron chi connectivity index (χ4n) is 6.04. The number of hydrogen-bond acceptors (Lipinski definition) is 5. The molecule has 0 unspecified atom stereocenters. The summed E-state index contributed by atoms with van der Waals surface area (Å²) < 4.78 is 26.7. The maximum absolute atomic E-state index is 6.68. The molecule has 0 radical (unpaired) electrons. The SMILES string of the molecule is CC(C)(C)c1cc(B2OC(C)(C)C(C)(C)O2)c2c(c1)C(C)(C)c1cc(C(C)(C)C)cc(B3OC(C)(C)C(C)(C)O3)c1N2. The van der Waals surface area contributed by atoms with Gasteiger partial charge in [-0.15, -0.1) is 0 Å². The fourth-order valence-corrected chi connectivity index (χ4v) is 6.04. The summed E-state index contributed by atoms with van der Waals surface area (Å²) in [7, 11) is -0.991. The molecule has 2 fully saturated rings. The Bertz CT molecular complexity index is 1290. The monoisotopic (exact) mass is 573 g/mol. The summed E-state index contributed by atoms with van der Waals surface area (Å²) in [5.41, 5.74) is 7.02. The van der Waals surface area contributed by atoms with Gasteiger partial charge < -0.3 is 23.9 Å². The molecular weight excluding hydrogens is 520 g/mol. The van der Waals surface area contributed by atoms with E-state index < -0.39 is 36.6 Å². The third-order valence-corrected chi connectivity index (χ3v) is 10.7. The molecule has 3 aliphatic heterocycles. The average Bonchev–Trinajstić information content (AvgIpc) is 3.16. The van der Waals surface area contributed by atoms with Crippen molar-refractivity contribution in [1.29, 1.82) is 0 Å². The molecule has 2 aromatic carbocycles. The zero-order chi connectivity index (χ0) is 31.6. The van der Waals surface area contributed by atoms with Crippen LogP contribution in [0.4, 0.5) is 11.4 Å². The maximum atomic E-state index is 6.68. The van der Waals surface area contributed by atoms with Crippen molar-refractivity contribution in [2.75, 3.05) is 5.32 Å². The Kier molecular flexibility index (Phi) is 6.87. The van der Waals surface area contributed by atoms with Gasteiger partial charge in [-0.2, -0.15) is 0 Å². The molecule has 5 rings (SSSR count). The van der Waals surface area contributed by atoms with E-state index in [2.05, 4.69) is 140 Å². The van der Waals surface area contributed by atoms with Gasteiger partial charge >= 0.3 is 14.2 Å². The average molecular weight is 573 g/mol. The molecule has 0 atom stereocenters. The molecule has 0 aliphatic carbocycles. The fraction of sp³-hybridized carbons (Fsp3) is 0.657. The van der Waals surface area contributed by atoms with E-state index in [-0.39, 0.29) is 16.2 Å². The molecule has 5 nitrogen and oxygen atoms in total. The van der Waals surface area contributed by atoms with Crippen molar-refractivity contribution in [3.8, 4) is 0 Å². The maximum Gasteiger partial charge on any atom is 0.496 e. The van der Waals surface area contributed by atoms with Gasteiger partial charge in [0.2, 0.25) is 0 Å². The van der Waals surface area contributed by atoms with Crippen molar-refractivity contribution in [2.24, 2.45) is 0 Å². The van der Waals surface area contributed by atoms with Crippen LogP contribution in [0.3, 0.4) is 0 Å². The van der Waals surface area contributed by atoms with Crippen molar-refractivity contribution < 1.29 is 18.6 Å². The predicted molar refractivity (Wildman–Crippen MR) is 177 cm³/mol. The lowest BCUT2D eigenvalue weighted by atomic mass is 9.63. The highest BCUT2D eigenvalue weighted by atomic mass is 16.7. The number of nitrogens with one attached hydrogen (secondary N) is 1. The second-order valence-corrected chi connectivity index (χ2v) is 17.4. The third kappa shape index (κ3) is 4.87. The first kappa shape index (κ1) is 31.6. The van der Waals surface area contributed by atoms with E-state index >= 15 is 0 Å². The smallest absolute Gasteiger partial charge is 0.399 e. The number of benzene rings is 2. The molecule has 7 heteroatoms. The molecule has 0 spiro atoms. The van der Waals surface area contributed by atoms with E-state index in [1.165, 1.54) is 22.3 Å². The molecule has 0 amide bonds. The summed E-state index contributed by atoms with van der Waals surface area (Å²) in [4.78, 5) is 0. The Hall–Kier alpha value is -1.79. The summed E-state index contributed by atoms with van der Waals surface area (Å²) in [5.74, 6) is 0. The normalized spacial score (nSPS) is 23.4. The van der Waals surface area contributed by atoms with Gasteiger partial charge in [-0.05, 0) is 88.5 Å². The predicted octanol–water partition coefficient (Wildman–Crippen LogP) is 7.26. The van der Waals surface area contributed by atoms with Crippen LogP contribution in [0.15, 0.2) is 24.3 Å². The quantitative estimate of drug-likeness (QED) is 0.384. The van der Waals surface area contributed by atoms with Crippen LogP contribution in [-0.2, 0) is 34.9 Å². The molecule has 0 saturated carbocycles. The van der Waals surface area contributed by atoms with Crippen LogP contribution < -0.4 is 16.2 Å². The Morgan fingerprint density at radius 1 is 0.500 bits per heavy atom. The van der Waals surface area contributed by atoms with Gasteiger partial charge in [-0.3, -0.25) is 0 Å². The van der Waals surface area contributed by atoms with Crippen LogP contribution in [0.2, 0.25) is 0 Å². The molecule has 2 saturated heterocycles. The molecule has 3 aliphatic rings. The molecular formula is C35H53B2NO4. The summed E-state index contributed by atoms with van der Waals surface area (Å²) in [5, 5.41) is 3.93. The second kappa shape index (κ2) is 9.12. The minimum absolute atomic E-state index is 0.0507. The standard InChI is InChI=1S/C35H53B2NO4/c1-29(2,3)21-17-23-27(25(19-21)36-39-32(9,10)33(11,12)40-36)38-28-24(31(23,7)8)18-22(30(4,5)6)20-26(28)37-41-34(13,14)35(15,16)42-37/h17-20,38H,1-16H3. The van der Waals surface area contributed by atoms with Gasteiger partial charge in [-0.1, -0.05) is 79.7 Å². The van der Waals surface area contributed by atoms with Crippen molar-refractivity contribution in [3.63, 3.8) is 0 Å². The van der Waals surface area contributed by atoms with Crippen LogP contribution in [0.25, 0.3) is 0 Å². The van der Waals surface area contributed by atoms with Gasteiger partial charge in [0.1, 0.15) is 0 Å². The van der Waals surface area contributed by atoms with E-state index in [0.717, 1.165) is 22.3 Å². The van der Waals surface area contributed by atoms with Gasteiger partial charge in [0, 0.05) is 27.7 Å². The lowest BCUT2D eigenvalue weighted by molar-refractivity contribution is 0.00578. The lowest BCUT2D eigenvalue weighted by Gasteiger charge is -2.40. The summed E-state index contributed by atoms with van der Waals surface area (Å²) in [6.45, 7) is 35.2. The van der Waals surface area contributed by atoms with E-state index in [0.29, 0.717) is 0 Å². The highest BCUT2D eigenvalue weighted by Crippen LogP contribution is 2.49. The Morgan fingerprint density at radius 3 is 1.05 bits per heavy atom. The zero-order valence-corrected chi connectivity index (χ0v) is 29.1. The first-order valence-electron chi connectivity index (χ1n) is 15.6. The number of anilines is 2. The minimum Gasteiger partial charge on any atom is -0.399 e. The van der Waals surface area contributed by atoms with E-state index in [1.807, 2.05) is 0 Å². The van der Waals surface area contributed by atoms with Crippen molar-refractivity contribution in [3.05, 3.63) is 46.5 Å². The minimum atomic E-state index is -0.495. The molecule has 42 heavy (non-hydrogen) atoms. The first-order valence-corrected chi connectivity index (χ1v) is 15.6. The molecule has 3 heterocycles. The van der Waals surface area contributed by atoms with Gasteiger partial charge in [-0.25, -0.2) is 0 Å². The molecule has 0 aromatic heterocycles. The summed E-state index contributed by atoms with van der Waals surface area (Å²) in [6.07, 6.45) is 0. The largest absolute Gasteiger partial charge is 0.496 e. The van der Waals surface area contributed by atoms with Gasteiger partial charge in [0.15, 0.2) is 0 Å². The molecule has 2 aromatic rings. The van der Waals surface area contributed by atoms with E-state index in [4.69, 9.17) is 18.6 Å². The van der Waals surface area contributed by atoms with Gasteiger partial charge in [0.25, 0.3) is 0 Å². The van der Waals surface area contributed by atoms with Crippen LogP contribution >= 0.6 is 0 Å². The van der Waals surface area contributed by atoms with Gasteiger partial charge in [0.05, 0.1) is 22.4 Å². The highest BCUT2D eigenvalue weighted by molar-refractivity contribution is 6.65. The second-order valence-electron chi connectivity index (χ2n) is 17.4. The number of rotatable bonds is 2. The molecule has 228 valence electrons. The Morgan fingerprint density at radius 2 is 0.786 bits per heavy atom. The van der Waals surface area contributed by atoms with Crippen molar-refractivity contribution >= 4 is 36.5 Å². The molecule has 1 N–H and O–H groups in total. The summed E-state index contributed by atoms with van der Waals surface area (Å²) in [6, 6.07) is 9.34. The van der Waals surface area contributed by atoms with Crippen LogP contribution in [0.1, 0.15) is 133 Å².